The zero-order valence-electron chi connectivity index (χ0n) is 11.5. The zero-order chi connectivity index (χ0) is 14.2. The number of para-hydroxylation sites is 2. The SMILES string of the molecule is COc1cccc(COCCOc2ccccc2N)c1. The largest absolute Gasteiger partial charge is 0.497 e. The number of methoxy groups -OCH3 is 1. The van der Waals surface area contributed by atoms with Crippen LogP contribution in [0.5, 0.6) is 11.5 Å². The minimum Gasteiger partial charge on any atom is -0.497 e. The van der Waals surface area contributed by atoms with Crippen molar-refractivity contribution in [3.05, 3.63) is 54.1 Å². The first-order valence-electron chi connectivity index (χ1n) is 6.47. The molecule has 4 nitrogen and oxygen atoms in total. The topological polar surface area (TPSA) is 53.7 Å². The molecule has 20 heavy (non-hydrogen) atoms. The monoisotopic (exact) mass is 273 g/mol. The third-order valence-electron chi connectivity index (χ3n) is 2.81. The van der Waals surface area contributed by atoms with Crippen molar-refractivity contribution in [3.8, 4) is 11.5 Å². The van der Waals surface area contributed by atoms with Crippen LogP contribution >= 0.6 is 0 Å². The highest BCUT2D eigenvalue weighted by molar-refractivity contribution is 5.51. The molecule has 0 bridgehead atoms. The lowest BCUT2D eigenvalue weighted by Crippen LogP contribution is -2.07. The van der Waals surface area contributed by atoms with E-state index in [1.807, 2.05) is 48.5 Å². The molecule has 0 unspecified atom stereocenters. The summed E-state index contributed by atoms with van der Waals surface area (Å²) >= 11 is 0. The molecule has 2 N–H and O–H groups in total. The Balaban J connectivity index is 1.70. The van der Waals surface area contributed by atoms with E-state index in [-0.39, 0.29) is 0 Å². The summed E-state index contributed by atoms with van der Waals surface area (Å²) in [6.07, 6.45) is 0. The molecular weight excluding hydrogens is 254 g/mol. The fourth-order valence-corrected chi connectivity index (χ4v) is 1.77. The molecule has 2 aromatic rings. The molecule has 0 aliphatic rings. The first-order valence-corrected chi connectivity index (χ1v) is 6.47. The highest BCUT2D eigenvalue weighted by atomic mass is 16.5. The molecule has 0 aliphatic heterocycles. The summed E-state index contributed by atoms with van der Waals surface area (Å²) in [5.41, 5.74) is 7.49. The predicted octanol–water partition coefficient (Wildman–Crippen LogP) is 2.87. The van der Waals surface area contributed by atoms with Crippen molar-refractivity contribution in [2.24, 2.45) is 0 Å². The molecule has 0 fully saturated rings. The van der Waals surface area contributed by atoms with Gasteiger partial charge in [-0.3, -0.25) is 0 Å². The summed E-state index contributed by atoms with van der Waals surface area (Å²) in [7, 11) is 1.65. The zero-order valence-corrected chi connectivity index (χ0v) is 11.5. The highest BCUT2D eigenvalue weighted by Gasteiger charge is 1.99. The standard InChI is InChI=1S/C16H19NO3/c1-18-14-6-4-5-13(11-14)12-19-9-10-20-16-8-3-2-7-15(16)17/h2-8,11H,9-10,12,17H2,1H3. The Morgan fingerprint density at radius 3 is 2.65 bits per heavy atom. The maximum Gasteiger partial charge on any atom is 0.142 e. The Morgan fingerprint density at radius 2 is 1.85 bits per heavy atom. The maximum absolute atomic E-state index is 5.78. The van der Waals surface area contributed by atoms with Gasteiger partial charge < -0.3 is 19.9 Å². The van der Waals surface area contributed by atoms with Crippen LogP contribution in [0.15, 0.2) is 48.5 Å². The van der Waals surface area contributed by atoms with Gasteiger partial charge >= 0.3 is 0 Å². The summed E-state index contributed by atoms with van der Waals surface area (Å²) in [5, 5.41) is 0. The van der Waals surface area contributed by atoms with E-state index in [1.54, 1.807) is 7.11 Å². The minimum absolute atomic E-state index is 0.470. The Bertz CT molecular complexity index is 543. The van der Waals surface area contributed by atoms with Crippen molar-refractivity contribution in [2.75, 3.05) is 26.1 Å². The fraction of sp³-hybridized carbons (Fsp3) is 0.250. The molecule has 106 valence electrons. The smallest absolute Gasteiger partial charge is 0.142 e. The summed E-state index contributed by atoms with van der Waals surface area (Å²) in [4.78, 5) is 0. The number of hydrogen-bond acceptors (Lipinski definition) is 4. The van der Waals surface area contributed by atoms with Crippen LogP contribution in [0.2, 0.25) is 0 Å². The third-order valence-corrected chi connectivity index (χ3v) is 2.81. The predicted molar refractivity (Wildman–Crippen MR) is 79.0 cm³/mol. The van der Waals surface area contributed by atoms with E-state index in [2.05, 4.69) is 0 Å². The van der Waals surface area contributed by atoms with Gasteiger partial charge in [0.05, 0.1) is 26.0 Å². The molecule has 0 heterocycles. The van der Waals surface area contributed by atoms with Crippen LogP contribution in [0.3, 0.4) is 0 Å². The van der Waals surface area contributed by atoms with Crippen molar-refractivity contribution in [3.63, 3.8) is 0 Å². The van der Waals surface area contributed by atoms with Crippen LogP contribution in [0, 0.1) is 0 Å². The van der Waals surface area contributed by atoms with Gasteiger partial charge in [-0.2, -0.15) is 0 Å². The van der Waals surface area contributed by atoms with Gasteiger partial charge in [-0.1, -0.05) is 24.3 Å². The molecule has 4 heteroatoms. The van der Waals surface area contributed by atoms with E-state index in [1.165, 1.54) is 0 Å². The van der Waals surface area contributed by atoms with E-state index in [0.717, 1.165) is 11.3 Å². The average Bonchev–Trinajstić information content (AvgIpc) is 2.49. The molecule has 0 saturated heterocycles. The summed E-state index contributed by atoms with van der Waals surface area (Å²) in [6.45, 7) is 1.51. The number of nitrogen functional groups attached to an aromatic ring is 1. The average molecular weight is 273 g/mol. The summed E-state index contributed by atoms with van der Waals surface area (Å²) < 4.78 is 16.3. The third kappa shape index (κ3) is 4.17. The molecular formula is C16H19NO3. The number of ether oxygens (including phenoxy) is 3. The van der Waals surface area contributed by atoms with E-state index in [0.29, 0.717) is 31.3 Å². The Hall–Kier alpha value is -2.20. The van der Waals surface area contributed by atoms with Gasteiger partial charge in [0.2, 0.25) is 0 Å². The van der Waals surface area contributed by atoms with Crippen LogP contribution in [0.4, 0.5) is 5.69 Å². The van der Waals surface area contributed by atoms with Crippen molar-refractivity contribution in [2.45, 2.75) is 6.61 Å². The number of rotatable bonds is 7. The van der Waals surface area contributed by atoms with Crippen molar-refractivity contribution < 1.29 is 14.2 Å². The molecule has 0 saturated carbocycles. The van der Waals surface area contributed by atoms with Crippen molar-refractivity contribution in [1.82, 2.24) is 0 Å². The van der Waals surface area contributed by atoms with Crippen LogP contribution in [0.1, 0.15) is 5.56 Å². The number of benzene rings is 2. The second kappa shape index (κ2) is 7.40. The maximum atomic E-state index is 5.78. The Labute approximate surface area is 119 Å². The Kier molecular flexibility index (Phi) is 5.26. The lowest BCUT2D eigenvalue weighted by Gasteiger charge is -2.09. The van der Waals surface area contributed by atoms with Gasteiger partial charge in [0, 0.05) is 0 Å². The minimum atomic E-state index is 0.470. The van der Waals surface area contributed by atoms with Gasteiger partial charge in [-0.25, -0.2) is 0 Å². The first kappa shape index (κ1) is 14.2. The number of anilines is 1. The first-order chi connectivity index (χ1) is 9.79. The fourth-order valence-electron chi connectivity index (χ4n) is 1.77. The van der Waals surface area contributed by atoms with Gasteiger partial charge in [-0.05, 0) is 29.8 Å². The van der Waals surface area contributed by atoms with Crippen molar-refractivity contribution in [1.29, 1.82) is 0 Å². The van der Waals surface area contributed by atoms with Crippen molar-refractivity contribution >= 4 is 5.69 Å². The number of nitrogens with two attached hydrogens (primary N) is 1. The molecule has 0 spiro atoms. The molecule has 0 aromatic heterocycles. The lowest BCUT2D eigenvalue weighted by atomic mass is 10.2. The molecule has 0 radical (unpaired) electrons. The van der Waals surface area contributed by atoms with Gasteiger partial charge in [0.25, 0.3) is 0 Å². The van der Waals surface area contributed by atoms with E-state index >= 15 is 0 Å². The van der Waals surface area contributed by atoms with E-state index < -0.39 is 0 Å². The molecule has 2 rings (SSSR count). The molecule has 0 amide bonds. The molecule has 0 atom stereocenters. The van der Waals surface area contributed by atoms with Crippen LogP contribution in [0.25, 0.3) is 0 Å². The lowest BCUT2D eigenvalue weighted by molar-refractivity contribution is 0.0890. The number of hydrogen-bond donors (Lipinski definition) is 1. The quantitative estimate of drug-likeness (QED) is 0.622. The van der Waals surface area contributed by atoms with Gasteiger partial charge in [0.1, 0.15) is 18.1 Å². The van der Waals surface area contributed by atoms with E-state index in [4.69, 9.17) is 19.9 Å². The van der Waals surface area contributed by atoms with Crippen LogP contribution in [-0.4, -0.2) is 20.3 Å². The molecule has 2 aromatic carbocycles. The van der Waals surface area contributed by atoms with E-state index in [9.17, 15) is 0 Å². The summed E-state index contributed by atoms with van der Waals surface area (Å²) in [5.74, 6) is 1.52. The van der Waals surface area contributed by atoms with Gasteiger partial charge in [0.15, 0.2) is 0 Å². The second-order valence-corrected chi connectivity index (χ2v) is 4.29. The van der Waals surface area contributed by atoms with Crippen LogP contribution < -0.4 is 15.2 Å². The van der Waals surface area contributed by atoms with Gasteiger partial charge in [-0.15, -0.1) is 0 Å². The normalized spacial score (nSPS) is 10.2. The second-order valence-electron chi connectivity index (χ2n) is 4.29. The Morgan fingerprint density at radius 1 is 1.00 bits per heavy atom. The summed E-state index contributed by atoms with van der Waals surface area (Å²) in [6, 6.07) is 15.2. The van der Waals surface area contributed by atoms with Crippen LogP contribution in [-0.2, 0) is 11.3 Å². The highest BCUT2D eigenvalue weighted by Crippen LogP contribution is 2.19. The molecule has 0 aliphatic carbocycles.